The van der Waals surface area contributed by atoms with Crippen LogP contribution in [-0.4, -0.2) is 29.0 Å². The second kappa shape index (κ2) is 7.01. The maximum atomic E-state index is 13.2. The van der Waals surface area contributed by atoms with Gasteiger partial charge in [0.1, 0.15) is 0 Å². The molecule has 5 nitrogen and oxygen atoms in total. The topological polar surface area (TPSA) is 66.9 Å². The average molecular weight is 261 g/mol. The minimum absolute atomic E-state index is 0.00768. The molecule has 1 amide bonds. The van der Waals surface area contributed by atoms with Crippen molar-refractivity contribution in [1.29, 1.82) is 0 Å². The summed E-state index contributed by atoms with van der Waals surface area (Å²) in [4.78, 5) is 18.4. The molecule has 7 heteroatoms. The van der Waals surface area contributed by atoms with Crippen LogP contribution in [0.1, 0.15) is 19.8 Å². The Morgan fingerprint density at radius 1 is 1.53 bits per heavy atom. The molecule has 0 fully saturated rings. The summed E-state index contributed by atoms with van der Waals surface area (Å²) in [6.07, 6.45) is 2.12. The molecule has 0 bridgehead atoms. The maximum absolute atomic E-state index is 13.2. The van der Waals surface area contributed by atoms with Crippen LogP contribution in [0.5, 0.6) is 0 Å². The van der Waals surface area contributed by atoms with Crippen LogP contribution in [-0.2, 0) is 4.79 Å². The van der Waals surface area contributed by atoms with Crippen molar-refractivity contribution < 1.29 is 9.18 Å². The highest BCUT2D eigenvalue weighted by molar-refractivity contribution is 6.28. The largest absolute Gasteiger partial charge is 0.367 e. The molecule has 0 aliphatic carbocycles. The Kier molecular flexibility index (Phi) is 5.62. The molecule has 0 aliphatic heterocycles. The van der Waals surface area contributed by atoms with E-state index in [2.05, 4.69) is 20.6 Å². The molecule has 0 radical (unpaired) electrons. The lowest BCUT2D eigenvalue weighted by atomic mass is 10.3. The van der Waals surface area contributed by atoms with Gasteiger partial charge in [-0.05, 0) is 18.0 Å². The number of rotatable bonds is 6. The predicted octanol–water partition coefficient (Wildman–Crippen LogP) is 1.60. The van der Waals surface area contributed by atoms with E-state index in [-0.39, 0.29) is 23.4 Å². The summed E-state index contributed by atoms with van der Waals surface area (Å²) in [5, 5.41) is 5.37. The molecule has 94 valence electrons. The standard InChI is InChI=1S/C10H14ClFN4O/c1-2-4-13-8(17)3-5-14-9-7(12)6-15-10(11)16-9/h6H,2-5H2,1H3,(H,13,17)(H,14,15,16). The van der Waals surface area contributed by atoms with Crippen LogP contribution in [0.25, 0.3) is 0 Å². The first-order valence-corrected chi connectivity index (χ1v) is 5.70. The highest BCUT2D eigenvalue weighted by Crippen LogP contribution is 2.11. The van der Waals surface area contributed by atoms with Gasteiger partial charge in [-0.3, -0.25) is 4.79 Å². The number of hydrogen-bond donors (Lipinski definition) is 2. The van der Waals surface area contributed by atoms with Gasteiger partial charge in [0, 0.05) is 19.5 Å². The molecule has 1 aromatic heterocycles. The maximum Gasteiger partial charge on any atom is 0.224 e. The second-order valence-electron chi connectivity index (χ2n) is 3.36. The van der Waals surface area contributed by atoms with Gasteiger partial charge in [-0.2, -0.15) is 4.98 Å². The van der Waals surface area contributed by atoms with Gasteiger partial charge in [0.15, 0.2) is 11.6 Å². The summed E-state index contributed by atoms with van der Waals surface area (Å²) >= 11 is 5.52. The fourth-order valence-corrected chi connectivity index (χ4v) is 1.25. The van der Waals surface area contributed by atoms with Gasteiger partial charge in [0.25, 0.3) is 0 Å². The molecule has 0 saturated heterocycles. The Morgan fingerprint density at radius 2 is 2.29 bits per heavy atom. The van der Waals surface area contributed by atoms with E-state index in [1.165, 1.54) is 0 Å². The van der Waals surface area contributed by atoms with Gasteiger partial charge < -0.3 is 10.6 Å². The predicted molar refractivity (Wildman–Crippen MR) is 63.4 cm³/mol. The summed E-state index contributed by atoms with van der Waals surface area (Å²) < 4.78 is 13.2. The van der Waals surface area contributed by atoms with Crippen molar-refractivity contribution >= 4 is 23.3 Å². The first-order valence-electron chi connectivity index (χ1n) is 5.32. The molecule has 0 spiro atoms. The zero-order chi connectivity index (χ0) is 12.7. The van der Waals surface area contributed by atoms with Gasteiger partial charge in [-0.1, -0.05) is 6.92 Å². The van der Waals surface area contributed by atoms with Gasteiger partial charge in [0.2, 0.25) is 11.2 Å². The number of nitrogens with zero attached hydrogens (tertiary/aromatic N) is 2. The Labute approximate surface area is 104 Å². The highest BCUT2D eigenvalue weighted by Gasteiger charge is 2.06. The van der Waals surface area contributed by atoms with E-state index in [0.717, 1.165) is 12.6 Å². The molecule has 1 aromatic rings. The highest BCUT2D eigenvalue weighted by atomic mass is 35.5. The number of carbonyl (C=O) groups is 1. The molecular weight excluding hydrogens is 247 g/mol. The quantitative estimate of drug-likeness (QED) is 0.763. The average Bonchev–Trinajstić information content (AvgIpc) is 2.31. The lowest BCUT2D eigenvalue weighted by molar-refractivity contribution is -0.120. The second-order valence-corrected chi connectivity index (χ2v) is 3.70. The van der Waals surface area contributed by atoms with Crippen molar-refractivity contribution in [3.63, 3.8) is 0 Å². The van der Waals surface area contributed by atoms with E-state index >= 15 is 0 Å². The van der Waals surface area contributed by atoms with Crippen molar-refractivity contribution in [2.75, 3.05) is 18.4 Å². The van der Waals surface area contributed by atoms with E-state index in [1.807, 2.05) is 6.92 Å². The number of nitrogens with one attached hydrogen (secondary N) is 2. The zero-order valence-electron chi connectivity index (χ0n) is 9.46. The van der Waals surface area contributed by atoms with Crippen molar-refractivity contribution in [1.82, 2.24) is 15.3 Å². The molecule has 17 heavy (non-hydrogen) atoms. The minimum atomic E-state index is -0.594. The van der Waals surface area contributed by atoms with Gasteiger partial charge in [0.05, 0.1) is 6.20 Å². The fourth-order valence-electron chi connectivity index (χ4n) is 1.12. The SMILES string of the molecule is CCCNC(=O)CCNc1nc(Cl)ncc1F. The van der Waals surface area contributed by atoms with Crippen LogP contribution < -0.4 is 10.6 Å². The van der Waals surface area contributed by atoms with Crippen LogP contribution in [0.4, 0.5) is 10.2 Å². The van der Waals surface area contributed by atoms with Gasteiger partial charge in [-0.15, -0.1) is 0 Å². The minimum Gasteiger partial charge on any atom is -0.367 e. The normalized spacial score (nSPS) is 10.1. The Hall–Kier alpha value is -1.43. The number of halogens is 2. The van der Waals surface area contributed by atoms with Crippen molar-refractivity contribution in [3.8, 4) is 0 Å². The molecule has 1 heterocycles. The van der Waals surface area contributed by atoms with Crippen LogP contribution >= 0.6 is 11.6 Å². The Morgan fingerprint density at radius 3 is 3.00 bits per heavy atom. The van der Waals surface area contributed by atoms with E-state index in [4.69, 9.17) is 11.6 Å². The number of amides is 1. The first kappa shape index (κ1) is 13.6. The first-order chi connectivity index (χ1) is 8.13. The Balaban J connectivity index is 2.35. The molecular formula is C10H14ClFN4O. The third-order valence-corrected chi connectivity index (χ3v) is 2.11. The molecule has 1 rings (SSSR count). The monoisotopic (exact) mass is 260 g/mol. The van der Waals surface area contributed by atoms with E-state index < -0.39 is 5.82 Å². The summed E-state index contributed by atoms with van der Waals surface area (Å²) in [7, 11) is 0. The number of aromatic nitrogens is 2. The Bertz CT molecular complexity index is 389. The summed E-state index contributed by atoms with van der Waals surface area (Å²) in [6, 6.07) is 0. The van der Waals surface area contributed by atoms with Crippen LogP contribution in [0.3, 0.4) is 0 Å². The molecule has 0 aliphatic rings. The summed E-state index contributed by atoms with van der Waals surface area (Å²) in [6.45, 7) is 2.91. The van der Waals surface area contributed by atoms with E-state index in [1.54, 1.807) is 0 Å². The van der Waals surface area contributed by atoms with Gasteiger partial charge in [-0.25, -0.2) is 9.37 Å². The van der Waals surface area contributed by atoms with Crippen LogP contribution in [0.15, 0.2) is 6.20 Å². The molecule has 0 unspecified atom stereocenters. The van der Waals surface area contributed by atoms with Crippen molar-refractivity contribution in [2.45, 2.75) is 19.8 Å². The number of anilines is 1. The molecule has 0 atom stereocenters. The van der Waals surface area contributed by atoms with Crippen molar-refractivity contribution in [2.24, 2.45) is 0 Å². The fraction of sp³-hybridized carbons (Fsp3) is 0.500. The van der Waals surface area contributed by atoms with Gasteiger partial charge >= 0.3 is 0 Å². The van der Waals surface area contributed by atoms with E-state index in [0.29, 0.717) is 13.1 Å². The third kappa shape index (κ3) is 4.95. The third-order valence-electron chi connectivity index (χ3n) is 1.93. The number of carbonyl (C=O) groups excluding carboxylic acids is 1. The lowest BCUT2D eigenvalue weighted by Crippen LogP contribution is -2.26. The summed E-state index contributed by atoms with van der Waals surface area (Å²) in [5.74, 6) is -0.670. The van der Waals surface area contributed by atoms with Crippen molar-refractivity contribution in [3.05, 3.63) is 17.3 Å². The molecule has 0 aromatic carbocycles. The molecule has 0 saturated carbocycles. The smallest absolute Gasteiger partial charge is 0.224 e. The van der Waals surface area contributed by atoms with Crippen LogP contribution in [0.2, 0.25) is 5.28 Å². The van der Waals surface area contributed by atoms with E-state index in [9.17, 15) is 9.18 Å². The number of hydrogen-bond acceptors (Lipinski definition) is 4. The summed E-state index contributed by atoms with van der Waals surface area (Å²) in [5.41, 5.74) is 0. The lowest BCUT2D eigenvalue weighted by Gasteiger charge is -2.06. The molecule has 2 N–H and O–H groups in total. The van der Waals surface area contributed by atoms with Crippen LogP contribution in [0, 0.1) is 5.82 Å². The zero-order valence-corrected chi connectivity index (χ0v) is 10.2.